The van der Waals surface area contributed by atoms with Gasteiger partial charge in [-0.3, -0.25) is 0 Å². The number of aliphatic hydroxyl groups is 1. The number of rotatable bonds is 2. The van der Waals surface area contributed by atoms with E-state index in [1.165, 1.54) is 70.6 Å². The van der Waals surface area contributed by atoms with Crippen LogP contribution in [0.1, 0.15) is 112 Å². The zero-order valence-electron chi connectivity index (χ0n) is 21.0. The minimum atomic E-state index is 0.265. The Morgan fingerprint density at radius 1 is 0.800 bits per heavy atom. The lowest BCUT2D eigenvalue weighted by Crippen LogP contribution is -2.65. The molecule has 5 fully saturated rings. The van der Waals surface area contributed by atoms with Crippen LogP contribution in [0.5, 0.6) is 0 Å². The Bertz CT molecular complexity index is 671. The summed E-state index contributed by atoms with van der Waals surface area (Å²) in [7, 11) is 0. The largest absolute Gasteiger partial charge is 0.396 e. The summed E-state index contributed by atoms with van der Waals surface area (Å²) in [5, 5.41) is 10.5. The Morgan fingerprint density at radius 2 is 1.57 bits per heavy atom. The molecule has 1 heteroatoms. The van der Waals surface area contributed by atoms with Gasteiger partial charge < -0.3 is 5.11 Å². The van der Waals surface area contributed by atoms with Crippen molar-refractivity contribution in [2.24, 2.45) is 63.1 Å². The number of hydrogen-bond donors (Lipinski definition) is 1. The van der Waals surface area contributed by atoms with Crippen molar-refractivity contribution in [3.05, 3.63) is 0 Å². The van der Waals surface area contributed by atoms with E-state index in [0.717, 1.165) is 41.4 Å². The third-order valence-electron chi connectivity index (χ3n) is 13.4. The van der Waals surface area contributed by atoms with E-state index >= 15 is 0 Å². The Hall–Kier alpha value is -0.0400. The Labute approximate surface area is 187 Å². The van der Waals surface area contributed by atoms with E-state index in [0.29, 0.717) is 22.9 Å². The van der Waals surface area contributed by atoms with Crippen LogP contribution in [0.3, 0.4) is 0 Å². The smallest absolute Gasteiger partial charge is 0.0490 e. The van der Waals surface area contributed by atoms with Crippen molar-refractivity contribution in [3.8, 4) is 0 Å². The van der Waals surface area contributed by atoms with Crippen LogP contribution < -0.4 is 0 Å². The lowest BCUT2D eigenvalue weighted by molar-refractivity contribution is -0.232. The SMILES string of the molecule is CCC1CCC2(C)C(CCC3(C)C2CCC2C4CC(C)CC4(CO)CC[C@]23C)C1C. The highest BCUT2D eigenvalue weighted by Crippen LogP contribution is 2.76. The van der Waals surface area contributed by atoms with Crippen LogP contribution in [0.25, 0.3) is 0 Å². The van der Waals surface area contributed by atoms with E-state index in [1.807, 2.05) is 0 Å². The van der Waals surface area contributed by atoms with Gasteiger partial charge in [0.1, 0.15) is 0 Å². The summed E-state index contributed by atoms with van der Waals surface area (Å²) in [5.74, 6) is 6.23. The van der Waals surface area contributed by atoms with Crippen molar-refractivity contribution in [2.75, 3.05) is 6.61 Å². The molecule has 5 saturated carbocycles. The average Bonchev–Trinajstić information content (AvgIpc) is 3.05. The summed E-state index contributed by atoms with van der Waals surface area (Å²) in [6.45, 7) is 16.2. The van der Waals surface area contributed by atoms with Gasteiger partial charge in [-0.2, -0.15) is 0 Å². The van der Waals surface area contributed by atoms with Gasteiger partial charge in [0.05, 0.1) is 0 Å². The fourth-order valence-electron chi connectivity index (χ4n) is 11.6. The molecule has 172 valence electrons. The third-order valence-corrected chi connectivity index (χ3v) is 13.4. The number of fused-ring (bicyclic) bond motifs is 7. The van der Waals surface area contributed by atoms with Crippen LogP contribution in [-0.2, 0) is 0 Å². The average molecular weight is 415 g/mol. The Kier molecular flexibility index (Phi) is 5.07. The van der Waals surface area contributed by atoms with Gasteiger partial charge in [-0.15, -0.1) is 0 Å². The van der Waals surface area contributed by atoms with Gasteiger partial charge in [0, 0.05) is 6.61 Å². The fraction of sp³-hybridized carbons (Fsp3) is 1.00. The highest BCUT2D eigenvalue weighted by atomic mass is 16.3. The molecule has 0 saturated heterocycles. The van der Waals surface area contributed by atoms with Gasteiger partial charge >= 0.3 is 0 Å². The molecule has 10 unspecified atom stereocenters. The van der Waals surface area contributed by atoms with Gasteiger partial charge in [0.15, 0.2) is 0 Å². The zero-order valence-corrected chi connectivity index (χ0v) is 21.0. The second-order valence-electron chi connectivity index (χ2n) is 14.0. The predicted molar refractivity (Wildman–Crippen MR) is 126 cm³/mol. The summed E-state index contributed by atoms with van der Waals surface area (Å²) < 4.78 is 0. The summed E-state index contributed by atoms with van der Waals surface area (Å²) in [5.41, 5.74) is 1.83. The summed E-state index contributed by atoms with van der Waals surface area (Å²) in [6.07, 6.45) is 15.6. The van der Waals surface area contributed by atoms with Gasteiger partial charge in [-0.25, -0.2) is 0 Å². The summed E-state index contributed by atoms with van der Waals surface area (Å²) >= 11 is 0. The molecule has 0 heterocycles. The minimum absolute atomic E-state index is 0.265. The first-order valence-electron chi connectivity index (χ1n) is 13.8. The molecule has 5 rings (SSSR count). The lowest BCUT2D eigenvalue weighted by Gasteiger charge is -2.72. The molecule has 0 aromatic carbocycles. The molecule has 1 nitrogen and oxygen atoms in total. The van der Waals surface area contributed by atoms with E-state index in [9.17, 15) is 5.11 Å². The summed E-state index contributed by atoms with van der Waals surface area (Å²) in [4.78, 5) is 0. The van der Waals surface area contributed by atoms with Crippen LogP contribution >= 0.6 is 0 Å². The second kappa shape index (κ2) is 6.98. The van der Waals surface area contributed by atoms with E-state index in [4.69, 9.17) is 0 Å². The standard InChI is InChI=1S/C29H50O/c1-7-21-10-12-26(4)22(20(21)3)11-13-28(6)25(26)9-8-23-24-16-19(2)17-29(24,18-30)15-14-27(23,28)5/h19-25,30H,7-18H2,1-6H3/t19?,20?,21?,22?,23?,24?,25?,26?,27-,28?,29?/m1/s1. The number of hydrogen-bond acceptors (Lipinski definition) is 1. The van der Waals surface area contributed by atoms with E-state index in [2.05, 4.69) is 41.5 Å². The highest BCUT2D eigenvalue weighted by Gasteiger charge is 2.69. The highest BCUT2D eigenvalue weighted by molar-refractivity contribution is 5.17. The first-order valence-corrected chi connectivity index (χ1v) is 13.8. The maximum atomic E-state index is 10.5. The van der Waals surface area contributed by atoms with Crippen LogP contribution in [0, 0.1) is 63.1 Å². The van der Waals surface area contributed by atoms with E-state index in [-0.39, 0.29) is 5.41 Å². The molecule has 0 bridgehead atoms. The van der Waals surface area contributed by atoms with E-state index in [1.54, 1.807) is 0 Å². The van der Waals surface area contributed by atoms with Gasteiger partial charge in [-0.05, 0) is 127 Å². The molecule has 0 amide bonds. The quantitative estimate of drug-likeness (QED) is 0.490. The topological polar surface area (TPSA) is 20.2 Å². The Balaban J connectivity index is 1.49. The van der Waals surface area contributed by atoms with Crippen molar-refractivity contribution in [1.29, 1.82) is 0 Å². The van der Waals surface area contributed by atoms with Crippen molar-refractivity contribution in [3.63, 3.8) is 0 Å². The lowest BCUT2D eigenvalue weighted by atomic mass is 9.33. The van der Waals surface area contributed by atoms with Crippen LogP contribution in [0.4, 0.5) is 0 Å². The molecule has 30 heavy (non-hydrogen) atoms. The van der Waals surface area contributed by atoms with Crippen molar-refractivity contribution < 1.29 is 5.11 Å². The van der Waals surface area contributed by atoms with E-state index < -0.39 is 0 Å². The van der Waals surface area contributed by atoms with Crippen LogP contribution in [-0.4, -0.2) is 11.7 Å². The molecule has 5 aliphatic rings. The third kappa shape index (κ3) is 2.57. The van der Waals surface area contributed by atoms with Gasteiger partial charge in [-0.1, -0.05) is 48.0 Å². The minimum Gasteiger partial charge on any atom is -0.396 e. The second-order valence-corrected chi connectivity index (χ2v) is 14.0. The van der Waals surface area contributed by atoms with Crippen molar-refractivity contribution in [2.45, 2.75) is 112 Å². The fourth-order valence-corrected chi connectivity index (χ4v) is 11.6. The molecule has 0 aliphatic heterocycles. The monoisotopic (exact) mass is 414 g/mol. The zero-order chi connectivity index (χ0) is 21.5. The molecular formula is C29H50O. The molecule has 5 aliphatic carbocycles. The molecule has 0 aromatic rings. The normalized spacial score (nSPS) is 60.3. The van der Waals surface area contributed by atoms with Crippen molar-refractivity contribution >= 4 is 0 Å². The molecule has 11 atom stereocenters. The van der Waals surface area contributed by atoms with Gasteiger partial charge in [0.25, 0.3) is 0 Å². The molecule has 1 N–H and O–H groups in total. The summed E-state index contributed by atoms with van der Waals surface area (Å²) in [6, 6.07) is 0. The molecule has 0 spiro atoms. The molecule has 0 aromatic heterocycles. The van der Waals surface area contributed by atoms with Crippen molar-refractivity contribution in [1.82, 2.24) is 0 Å². The van der Waals surface area contributed by atoms with Crippen LogP contribution in [0.15, 0.2) is 0 Å². The predicted octanol–water partition coefficient (Wildman–Crippen LogP) is 7.72. The number of aliphatic hydroxyl groups excluding tert-OH is 1. The van der Waals surface area contributed by atoms with Crippen LogP contribution in [0.2, 0.25) is 0 Å². The maximum Gasteiger partial charge on any atom is 0.0490 e. The maximum absolute atomic E-state index is 10.5. The first kappa shape index (κ1) is 21.8. The van der Waals surface area contributed by atoms with Gasteiger partial charge in [0.2, 0.25) is 0 Å². The first-order chi connectivity index (χ1) is 14.1. The Morgan fingerprint density at radius 3 is 2.27 bits per heavy atom. The molecule has 0 radical (unpaired) electrons. The molecular weight excluding hydrogens is 364 g/mol.